The first-order valence-corrected chi connectivity index (χ1v) is 16.7. The smallest absolute Gasteiger partial charge is 0.317 e. The zero-order valence-corrected chi connectivity index (χ0v) is 27.0. The number of nitrogens with zero attached hydrogens (tertiary/aromatic N) is 1. The van der Waals surface area contributed by atoms with Gasteiger partial charge in [0, 0.05) is 12.0 Å². The first-order valence-electron chi connectivity index (χ1n) is 16.7. The lowest BCUT2D eigenvalue weighted by Crippen LogP contribution is -2.45. The number of hydrogen-bond acceptors (Lipinski definition) is 3. The molecule has 0 spiro atoms. The molecule has 0 radical (unpaired) electrons. The summed E-state index contributed by atoms with van der Waals surface area (Å²) in [4.78, 5) is 13.1. The van der Waals surface area contributed by atoms with Gasteiger partial charge in [-0.25, -0.2) is 0 Å². The van der Waals surface area contributed by atoms with Crippen molar-refractivity contribution >= 4 is 5.97 Å². The van der Waals surface area contributed by atoms with Crippen molar-refractivity contribution in [1.82, 2.24) is 0 Å². The van der Waals surface area contributed by atoms with Crippen molar-refractivity contribution in [3.8, 4) is 5.75 Å². The molecule has 0 aliphatic heterocycles. The molecular formula is C37H60NO3+. The maximum Gasteiger partial charge on any atom is 0.317 e. The largest absolute Gasteiger partial charge is 0.455 e. The fourth-order valence-corrected chi connectivity index (χ4v) is 5.58. The van der Waals surface area contributed by atoms with Crippen LogP contribution in [0.25, 0.3) is 0 Å². The molecule has 0 amide bonds. The Kier molecular flexibility index (Phi) is 17.5. The van der Waals surface area contributed by atoms with Gasteiger partial charge in [0.15, 0.2) is 0 Å². The summed E-state index contributed by atoms with van der Waals surface area (Å²) in [5, 5.41) is 0. The van der Waals surface area contributed by atoms with Gasteiger partial charge in [-0.2, -0.15) is 0 Å². The van der Waals surface area contributed by atoms with Gasteiger partial charge in [0.1, 0.15) is 18.2 Å². The van der Waals surface area contributed by atoms with E-state index in [1.807, 2.05) is 25.1 Å². The number of rotatable bonds is 23. The average molecular weight is 567 g/mol. The second kappa shape index (κ2) is 20.5. The minimum atomic E-state index is -0.566. The number of quaternary nitrogens is 1. The molecule has 4 nitrogen and oxygen atoms in total. The molecule has 0 saturated carbocycles. The Morgan fingerprint density at radius 2 is 1.24 bits per heavy atom. The number of esters is 1. The lowest BCUT2D eigenvalue weighted by molar-refractivity contribution is -0.906. The van der Waals surface area contributed by atoms with E-state index in [1.165, 1.54) is 88.2 Å². The summed E-state index contributed by atoms with van der Waals surface area (Å²) in [6.45, 7) is 7.95. The van der Waals surface area contributed by atoms with Crippen molar-refractivity contribution in [2.24, 2.45) is 5.92 Å². The van der Waals surface area contributed by atoms with Crippen LogP contribution in [0.15, 0.2) is 54.6 Å². The van der Waals surface area contributed by atoms with Crippen molar-refractivity contribution in [2.75, 3.05) is 20.6 Å². The Hall–Kier alpha value is -2.33. The number of carbonyl (C=O) groups is 1. The van der Waals surface area contributed by atoms with Crippen molar-refractivity contribution < 1.29 is 18.8 Å². The van der Waals surface area contributed by atoms with Crippen LogP contribution in [-0.2, 0) is 22.5 Å². The van der Waals surface area contributed by atoms with E-state index in [2.05, 4.69) is 64.3 Å². The maximum absolute atomic E-state index is 13.1. The van der Waals surface area contributed by atoms with Gasteiger partial charge in [-0.05, 0) is 37.0 Å². The summed E-state index contributed by atoms with van der Waals surface area (Å²) in [5.41, 5.74) is 2.62. The second-order valence-corrected chi connectivity index (χ2v) is 12.5. The van der Waals surface area contributed by atoms with E-state index in [9.17, 15) is 4.79 Å². The minimum Gasteiger partial charge on any atom is -0.455 e. The first-order chi connectivity index (χ1) is 19.9. The molecule has 2 aromatic rings. The second-order valence-electron chi connectivity index (χ2n) is 12.5. The molecule has 2 atom stereocenters. The molecule has 0 N–H and O–H groups in total. The van der Waals surface area contributed by atoms with Crippen molar-refractivity contribution in [3.63, 3.8) is 0 Å². The molecule has 2 rings (SSSR count). The molecule has 2 aromatic carbocycles. The van der Waals surface area contributed by atoms with Gasteiger partial charge in [-0.3, -0.25) is 4.79 Å². The average Bonchev–Trinajstić information content (AvgIpc) is 2.97. The van der Waals surface area contributed by atoms with Gasteiger partial charge in [0.2, 0.25) is 6.29 Å². The SMILES string of the molecule is CCCCCCCCCCCCCCc1ccc(OC(CC)OC(=O)C(CC)C[N+](C)(C)Cc2ccccc2)cc1. The Bertz CT molecular complexity index is 925. The Morgan fingerprint density at radius 1 is 0.683 bits per heavy atom. The van der Waals surface area contributed by atoms with E-state index in [0.29, 0.717) is 6.42 Å². The van der Waals surface area contributed by atoms with E-state index in [4.69, 9.17) is 9.47 Å². The summed E-state index contributed by atoms with van der Waals surface area (Å²) >= 11 is 0. The van der Waals surface area contributed by atoms with Crippen LogP contribution in [0.4, 0.5) is 0 Å². The molecule has 0 heterocycles. The summed E-state index contributed by atoms with van der Waals surface area (Å²) in [6.07, 6.45) is 18.4. The van der Waals surface area contributed by atoms with Gasteiger partial charge in [-0.15, -0.1) is 0 Å². The van der Waals surface area contributed by atoms with Crippen LogP contribution < -0.4 is 4.74 Å². The van der Waals surface area contributed by atoms with E-state index in [1.54, 1.807) is 0 Å². The molecule has 0 fully saturated rings. The fraction of sp³-hybridized carbons (Fsp3) is 0.649. The Labute approximate surface area is 252 Å². The Morgan fingerprint density at radius 3 is 1.78 bits per heavy atom. The lowest BCUT2D eigenvalue weighted by Gasteiger charge is -2.33. The topological polar surface area (TPSA) is 35.5 Å². The van der Waals surface area contributed by atoms with Crippen LogP contribution in [0, 0.1) is 5.92 Å². The predicted octanol–water partition coefficient (Wildman–Crippen LogP) is 9.89. The summed E-state index contributed by atoms with van der Waals surface area (Å²) in [5.74, 6) is 0.433. The highest BCUT2D eigenvalue weighted by Gasteiger charge is 2.29. The summed E-state index contributed by atoms with van der Waals surface area (Å²) in [7, 11) is 4.35. The fourth-order valence-electron chi connectivity index (χ4n) is 5.58. The van der Waals surface area contributed by atoms with Crippen LogP contribution in [0.3, 0.4) is 0 Å². The van der Waals surface area contributed by atoms with Crippen molar-refractivity contribution in [3.05, 3.63) is 65.7 Å². The van der Waals surface area contributed by atoms with Gasteiger partial charge >= 0.3 is 5.97 Å². The minimum absolute atomic E-state index is 0.163. The molecule has 230 valence electrons. The number of hydrogen-bond donors (Lipinski definition) is 0. The Balaban J connectivity index is 1.67. The molecule has 0 aliphatic rings. The summed E-state index contributed by atoms with van der Waals surface area (Å²) in [6, 6.07) is 18.8. The first kappa shape index (κ1) is 34.9. The molecule has 0 saturated heterocycles. The van der Waals surface area contributed by atoms with E-state index >= 15 is 0 Å². The third kappa shape index (κ3) is 15.5. The molecule has 0 aromatic heterocycles. The maximum atomic E-state index is 13.1. The van der Waals surface area contributed by atoms with E-state index < -0.39 is 6.29 Å². The number of carbonyl (C=O) groups excluding carboxylic acids is 1. The standard InChI is InChI=1S/C37H60NO3/c1-6-9-10-11-12-13-14-15-16-17-18-20-23-32-26-28-35(29-27-32)40-36(8-3)41-37(39)34(7-2)31-38(4,5)30-33-24-21-19-22-25-33/h19,21-22,24-29,34,36H,6-18,20,23,30-31H2,1-5H3/q+1. The van der Waals surface area contributed by atoms with Crippen molar-refractivity contribution in [1.29, 1.82) is 0 Å². The third-order valence-corrected chi connectivity index (χ3v) is 8.09. The lowest BCUT2D eigenvalue weighted by atomic mass is 10.0. The molecule has 41 heavy (non-hydrogen) atoms. The number of unbranched alkanes of at least 4 members (excludes halogenated alkanes) is 11. The number of ether oxygens (including phenoxy) is 2. The molecule has 4 heteroatoms. The quantitative estimate of drug-likeness (QED) is 0.0581. The summed E-state index contributed by atoms with van der Waals surface area (Å²) < 4.78 is 12.7. The molecular weight excluding hydrogens is 506 g/mol. The van der Waals surface area contributed by atoms with Crippen LogP contribution >= 0.6 is 0 Å². The highest BCUT2D eigenvalue weighted by atomic mass is 16.7. The van der Waals surface area contributed by atoms with Gasteiger partial charge in [0.05, 0.1) is 20.6 Å². The van der Waals surface area contributed by atoms with Gasteiger partial charge in [-0.1, -0.05) is 134 Å². The zero-order chi connectivity index (χ0) is 29.8. The van der Waals surface area contributed by atoms with Crippen LogP contribution in [0.1, 0.15) is 122 Å². The number of benzene rings is 2. The van der Waals surface area contributed by atoms with E-state index in [-0.39, 0.29) is 11.9 Å². The molecule has 2 unspecified atom stereocenters. The highest BCUT2D eigenvalue weighted by molar-refractivity contribution is 5.72. The molecule has 0 bridgehead atoms. The highest BCUT2D eigenvalue weighted by Crippen LogP contribution is 2.21. The van der Waals surface area contributed by atoms with Gasteiger partial charge < -0.3 is 14.0 Å². The normalized spacial score (nSPS) is 13.1. The monoisotopic (exact) mass is 566 g/mol. The van der Waals surface area contributed by atoms with Crippen molar-refractivity contribution in [2.45, 2.75) is 130 Å². The number of aryl methyl sites for hydroxylation is 1. The predicted molar refractivity (Wildman–Crippen MR) is 173 cm³/mol. The van der Waals surface area contributed by atoms with Crippen LogP contribution in [0.2, 0.25) is 0 Å². The third-order valence-electron chi connectivity index (χ3n) is 8.09. The van der Waals surface area contributed by atoms with Crippen LogP contribution in [0.5, 0.6) is 5.75 Å². The zero-order valence-electron chi connectivity index (χ0n) is 27.0. The van der Waals surface area contributed by atoms with Gasteiger partial charge in [0.25, 0.3) is 0 Å². The van der Waals surface area contributed by atoms with E-state index in [0.717, 1.165) is 36.2 Å². The van der Waals surface area contributed by atoms with Crippen LogP contribution in [-0.4, -0.2) is 37.4 Å². The molecule has 0 aliphatic carbocycles.